The van der Waals surface area contributed by atoms with Crippen LogP contribution in [0.1, 0.15) is 20.3 Å². The summed E-state index contributed by atoms with van der Waals surface area (Å²) in [5.41, 5.74) is 0.851. The molecule has 0 saturated carbocycles. The Morgan fingerprint density at radius 2 is 2.25 bits per heavy atom. The highest BCUT2D eigenvalue weighted by Gasteiger charge is 1.98. The van der Waals surface area contributed by atoms with Gasteiger partial charge in [-0.1, -0.05) is 13.0 Å². The molecule has 0 heterocycles. The summed E-state index contributed by atoms with van der Waals surface area (Å²) in [6.07, 6.45) is 1.04. The Morgan fingerprint density at radius 3 is 2.83 bits per heavy atom. The van der Waals surface area contributed by atoms with E-state index in [-0.39, 0.29) is 5.82 Å². The Labute approximate surface area is 72.6 Å². The van der Waals surface area contributed by atoms with Gasteiger partial charge in [0.2, 0.25) is 0 Å². The van der Waals surface area contributed by atoms with Gasteiger partial charge in [-0.25, -0.2) is 4.39 Å². The quantitative estimate of drug-likeness (QED) is 0.729. The third-order valence-corrected chi connectivity index (χ3v) is 1.85. The summed E-state index contributed by atoms with van der Waals surface area (Å²) in [4.78, 5) is 0. The Hall–Kier alpha value is -1.05. The fourth-order valence-electron chi connectivity index (χ4n) is 0.965. The van der Waals surface area contributed by atoms with Gasteiger partial charge in [0, 0.05) is 11.7 Å². The average molecular weight is 167 g/mol. The van der Waals surface area contributed by atoms with Crippen molar-refractivity contribution in [1.29, 1.82) is 0 Å². The largest absolute Gasteiger partial charge is 0.383 e. The van der Waals surface area contributed by atoms with E-state index in [1.807, 2.05) is 6.07 Å². The van der Waals surface area contributed by atoms with Crippen LogP contribution in [0.25, 0.3) is 0 Å². The number of benzene rings is 1. The van der Waals surface area contributed by atoms with Crippen LogP contribution in [0.5, 0.6) is 0 Å². The van der Waals surface area contributed by atoms with Crippen molar-refractivity contribution < 1.29 is 4.39 Å². The molecule has 1 aromatic rings. The lowest BCUT2D eigenvalue weighted by atomic mass is 10.2. The number of hydrogen-bond acceptors (Lipinski definition) is 1. The SMILES string of the molecule is CC[C@H](C)Nc1cccc(F)c1. The molecule has 0 aliphatic carbocycles. The fraction of sp³-hybridized carbons (Fsp3) is 0.400. The molecule has 1 atom stereocenters. The minimum absolute atomic E-state index is 0.191. The van der Waals surface area contributed by atoms with Gasteiger partial charge in [0.05, 0.1) is 0 Å². The van der Waals surface area contributed by atoms with Crippen molar-refractivity contribution in [3.05, 3.63) is 30.1 Å². The summed E-state index contributed by atoms with van der Waals surface area (Å²) in [6, 6.07) is 6.93. The minimum atomic E-state index is -0.191. The van der Waals surface area contributed by atoms with Crippen molar-refractivity contribution in [2.24, 2.45) is 0 Å². The molecule has 66 valence electrons. The summed E-state index contributed by atoms with van der Waals surface area (Å²) >= 11 is 0. The third-order valence-electron chi connectivity index (χ3n) is 1.85. The van der Waals surface area contributed by atoms with Gasteiger partial charge < -0.3 is 5.32 Å². The molecule has 0 amide bonds. The van der Waals surface area contributed by atoms with Crippen LogP contribution in [0.15, 0.2) is 24.3 Å². The monoisotopic (exact) mass is 167 g/mol. The van der Waals surface area contributed by atoms with Gasteiger partial charge >= 0.3 is 0 Å². The first-order valence-electron chi connectivity index (χ1n) is 4.24. The first kappa shape index (κ1) is 9.04. The number of anilines is 1. The van der Waals surface area contributed by atoms with Gasteiger partial charge in [-0.3, -0.25) is 0 Å². The molecule has 0 fully saturated rings. The van der Waals surface area contributed by atoms with E-state index in [0.29, 0.717) is 6.04 Å². The number of nitrogens with one attached hydrogen (secondary N) is 1. The normalized spacial score (nSPS) is 12.6. The minimum Gasteiger partial charge on any atom is -0.383 e. The number of halogens is 1. The second-order valence-corrected chi connectivity index (χ2v) is 2.96. The van der Waals surface area contributed by atoms with Gasteiger partial charge in [0.15, 0.2) is 0 Å². The van der Waals surface area contributed by atoms with Crippen molar-refractivity contribution in [1.82, 2.24) is 0 Å². The topological polar surface area (TPSA) is 12.0 Å². The Morgan fingerprint density at radius 1 is 1.50 bits per heavy atom. The summed E-state index contributed by atoms with van der Waals surface area (Å²) in [5, 5.41) is 3.19. The van der Waals surface area contributed by atoms with Crippen LogP contribution < -0.4 is 5.32 Å². The van der Waals surface area contributed by atoms with E-state index in [2.05, 4.69) is 19.2 Å². The maximum atomic E-state index is 12.7. The molecule has 0 bridgehead atoms. The van der Waals surface area contributed by atoms with Gasteiger partial charge in [-0.05, 0) is 31.5 Å². The number of hydrogen-bond donors (Lipinski definition) is 1. The maximum absolute atomic E-state index is 12.7. The molecule has 2 heteroatoms. The molecule has 0 aliphatic heterocycles. The van der Waals surface area contributed by atoms with E-state index in [4.69, 9.17) is 0 Å². The highest BCUT2D eigenvalue weighted by molar-refractivity contribution is 5.43. The fourth-order valence-corrected chi connectivity index (χ4v) is 0.965. The second-order valence-electron chi connectivity index (χ2n) is 2.96. The van der Waals surface area contributed by atoms with Gasteiger partial charge in [-0.15, -0.1) is 0 Å². The molecule has 0 spiro atoms. The summed E-state index contributed by atoms with van der Waals surface area (Å²) in [5.74, 6) is -0.191. The molecule has 12 heavy (non-hydrogen) atoms. The van der Waals surface area contributed by atoms with Crippen LogP contribution in [0.4, 0.5) is 10.1 Å². The highest BCUT2D eigenvalue weighted by atomic mass is 19.1. The van der Waals surface area contributed by atoms with Crippen LogP contribution >= 0.6 is 0 Å². The third kappa shape index (κ3) is 2.53. The number of rotatable bonds is 3. The second kappa shape index (κ2) is 4.10. The Balaban J connectivity index is 2.63. The summed E-state index contributed by atoms with van der Waals surface area (Å²) < 4.78 is 12.7. The maximum Gasteiger partial charge on any atom is 0.125 e. The van der Waals surface area contributed by atoms with E-state index in [9.17, 15) is 4.39 Å². The smallest absolute Gasteiger partial charge is 0.125 e. The zero-order valence-electron chi connectivity index (χ0n) is 7.47. The van der Waals surface area contributed by atoms with E-state index in [1.165, 1.54) is 12.1 Å². The predicted octanol–water partition coefficient (Wildman–Crippen LogP) is 3.04. The molecule has 0 unspecified atom stereocenters. The summed E-state index contributed by atoms with van der Waals surface area (Å²) in [6.45, 7) is 4.17. The van der Waals surface area contributed by atoms with Crippen LogP contribution in [0.2, 0.25) is 0 Å². The van der Waals surface area contributed by atoms with E-state index in [1.54, 1.807) is 6.07 Å². The zero-order valence-corrected chi connectivity index (χ0v) is 7.47. The van der Waals surface area contributed by atoms with Crippen molar-refractivity contribution >= 4 is 5.69 Å². The molecule has 1 aromatic carbocycles. The molecule has 0 aliphatic rings. The molecule has 1 rings (SSSR count). The van der Waals surface area contributed by atoms with Crippen LogP contribution in [0, 0.1) is 5.82 Å². The predicted molar refractivity (Wildman–Crippen MR) is 49.8 cm³/mol. The van der Waals surface area contributed by atoms with Crippen molar-refractivity contribution in [3.63, 3.8) is 0 Å². The molecule has 1 N–H and O–H groups in total. The van der Waals surface area contributed by atoms with Gasteiger partial charge in [0.1, 0.15) is 5.82 Å². The molecule has 0 saturated heterocycles. The first-order chi connectivity index (χ1) is 5.72. The standard InChI is InChI=1S/C10H14FN/c1-3-8(2)12-10-6-4-5-9(11)7-10/h4-8,12H,3H2,1-2H3/t8-/m0/s1. The molecular formula is C10H14FN. The zero-order chi connectivity index (χ0) is 8.97. The van der Waals surface area contributed by atoms with Crippen molar-refractivity contribution in [2.75, 3.05) is 5.32 Å². The van der Waals surface area contributed by atoms with E-state index in [0.717, 1.165) is 12.1 Å². The van der Waals surface area contributed by atoms with Crippen molar-refractivity contribution in [2.45, 2.75) is 26.3 Å². The van der Waals surface area contributed by atoms with Gasteiger partial charge in [0.25, 0.3) is 0 Å². The molecular weight excluding hydrogens is 153 g/mol. The van der Waals surface area contributed by atoms with E-state index < -0.39 is 0 Å². The highest BCUT2D eigenvalue weighted by Crippen LogP contribution is 2.10. The Kier molecular flexibility index (Phi) is 3.09. The van der Waals surface area contributed by atoms with Crippen LogP contribution in [-0.4, -0.2) is 6.04 Å². The molecule has 0 radical (unpaired) electrons. The lowest BCUT2D eigenvalue weighted by Crippen LogP contribution is -2.13. The van der Waals surface area contributed by atoms with Crippen LogP contribution in [0.3, 0.4) is 0 Å². The average Bonchev–Trinajstić information content (AvgIpc) is 2.04. The van der Waals surface area contributed by atoms with Crippen LogP contribution in [-0.2, 0) is 0 Å². The van der Waals surface area contributed by atoms with Gasteiger partial charge in [-0.2, -0.15) is 0 Å². The first-order valence-corrected chi connectivity index (χ1v) is 4.24. The lowest BCUT2D eigenvalue weighted by molar-refractivity contribution is 0.627. The van der Waals surface area contributed by atoms with E-state index >= 15 is 0 Å². The van der Waals surface area contributed by atoms with Crippen molar-refractivity contribution in [3.8, 4) is 0 Å². The summed E-state index contributed by atoms with van der Waals surface area (Å²) in [7, 11) is 0. The lowest BCUT2D eigenvalue weighted by Gasteiger charge is -2.12. The Bertz CT molecular complexity index is 247. The molecule has 1 nitrogen and oxygen atoms in total. The molecule has 0 aromatic heterocycles.